The second kappa shape index (κ2) is 9.61. The van der Waals surface area contributed by atoms with Gasteiger partial charge in [0, 0.05) is 11.2 Å². The van der Waals surface area contributed by atoms with Crippen molar-refractivity contribution in [2.45, 2.75) is 19.6 Å². The molecule has 0 saturated heterocycles. The van der Waals surface area contributed by atoms with Gasteiger partial charge in [-0.3, -0.25) is 9.78 Å². The van der Waals surface area contributed by atoms with E-state index in [1.54, 1.807) is 43.3 Å². The smallest absolute Gasteiger partial charge is 0.335 e. The standard InChI is InChI=1S/C22H18Cl2N2O4/c1-13(14-2-4-15(5-3-14)22(28)29)26-21(27)19-10-17(24)11-25-20(19)12-30-18-8-6-16(23)7-9-18/h2-11,13H,12H2,1H3,(H,26,27)(H,28,29)/t13-/m0/s1. The molecule has 0 aliphatic carbocycles. The van der Waals surface area contributed by atoms with Crippen molar-refractivity contribution < 1.29 is 19.4 Å². The quantitative estimate of drug-likeness (QED) is 0.525. The van der Waals surface area contributed by atoms with Crippen molar-refractivity contribution in [3.63, 3.8) is 0 Å². The highest BCUT2D eigenvalue weighted by Crippen LogP contribution is 2.20. The Morgan fingerprint density at radius 2 is 1.73 bits per heavy atom. The second-order valence-electron chi connectivity index (χ2n) is 6.51. The van der Waals surface area contributed by atoms with Crippen LogP contribution < -0.4 is 10.1 Å². The number of hydrogen-bond acceptors (Lipinski definition) is 4. The van der Waals surface area contributed by atoms with Crippen LogP contribution in [-0.2, 0) is 6.61 Å². The van der Waals surface area contributed by atoms with Gasteiger partial charge in [-0.2, -0.15) is 0 Å². The Bertz CT molecular complexity index is 1050. The Labute approximate surface area is 183 Å². The van der Waals surface area contributed by atoms with Crippen molar-refractivity contribution in [1.82, 2.24) is 10.3 Å². The van der Waals surface area contributed by atoms with Crippen LogP contribution in [0.3, 0.4) is 0 Å². The summed E-state index contributed by atoms with van der Waals surface area (Å²) in [4.78, 5) is 28.1. The molecule has 1 amide bonds. The third-order valence-corrected chi connectivity index (χ3v) is 4.83. The molecular formula is C22H18Cl2N2O4. The number of benzene rings is 2. The number of nitrogens with zero attached hydrogens (tertiary/aromatic N) is 1. The highest BCUT2D eigenvalue weighted by Gasteiger charge is 2.17. The fourth-order valence-electron chi connectivity index (χ4n) is 2.73. The number of carbonyl (C=O) groups excluding carboxylic acids is 1. The number of carboxylic acids is 1. The number of aromatic carboxylic acids is 1. The third kappa shape index (κ3) is 5.49. The lowest BCUT2D eigenvalue weighted by Gasteiger charge is -2.16. The number of halogens is 2. The summed E-state index contributed by atoms with van der Waals surface area (Å²) in [6, 6.07) is 14.3. The van der Waals surface area contributed by atoms with Gasteiger partial charge in [-0.05, 0) is 55.0 Å². The number of nitrogens with one attached hydrogen (secondary N) is 1. The highest BCUT2D eigenvalue weighted by molar-refractivity contribution is 6.31. The molecule has 2 aromatic carbocycles. The largest absolute Gasteiger partial charge is 0.487 e. The van der Waals surface area contributed by atoms with E-state index < -0.39 is 5.97 Å². The predicted molar refractivity (Wildman–Crippen MR) is 114 cm³/mol. The molecule has 0 saturated carbocycles. The lowest BCUT2D eigenvalue weighted by atomic mass is 10.1. The molecular weight excluding hydrogens is 427 g/mol. The van der Waals surface area contributed by atoms with Crippen molar-refractivity contribution in [2.24, 2.45) is 0 Å². The Morgan fingerprint density at radius 1 is 1.07 bits per heavy atom. The van der Waals surface area contributed by atoms with E-state index in [1.165, 1.54) is 24.4 Å². The fraction of sp³-hybridized carbons (Fsp3) is 0.136. The summed E-state index contributed by atoms with van der Waals surface area (Å²) < 4.78 is 5.70. The first-order valence-electron chi connectivity index (χ1n) is 9.00. The van der Waals surface area contributed by atoms with Gasteiger partial charge in [-0.25, -0.2) is 4.79 Å². The summed E-state index contributed by atoms with van der Waals surface area (Å²) in [5, 5.41) is 12.8. The van der Waals surface area contributed by atoms with Crippen LogP contribution in [0.25, 0.3) is 0 Å². The van der Waals surface area contributed by atoms with E-state index in [0.717, 1.165) is 5.56 Å². The topological polar surface area (TPSA) is 88.5 Å². The van der Waals surface area contributed by atoms with Gasteiger partial charge < -0.3 is 15.2 Å². The molecule has 0 fully saturated rings. The average Bonchev–Trinajstić information content (AvgIpc) is 2.74. The fourth-order valence-corrected chi connectivity index (χ4v) is 3.02. The molecule has 1 heterocycles. The first-order chi connectivity index (χ1) is 14.3. The van der Waals surface area contributed by atoms with Crippen LogP contribution in [0.2, 0.25) is 10.0 Å². The van der Waals surface area contributed by atoms with E-state index in [2.05, 4.69) is 10.3 Å². The van der Waals surface area contributed by atoms with Crippen LogP contribution >= 0.6 is 23.2 Å². The van der Waals surface area contributed by atoms with Gasteiger partial charge in [0.25, 0.3) is 5.91 Å². The molecule has 0 spiro atoms. The van der Waals surface area contributed by atoms with Crippen molar-refractivity contribution >= 4 is 35.1 Å². The number of amides is 1. The molecule has 30 heavy (non-hydrogen) atoms. The van der Waals surface area contributed by atoms with E-state index in [4.69, 9.17) is 33.0 Å². The van der Waals surface area contributed by atoms with Gasteiger partial charge in [-0.15, -0.1) is 0 Å². The van der Waals surface area contributed by atoms with E-state index in [0.29, 0.717) is 27.1 Å². The highest BCUT2D eigenvalue weighted by atomic mass is 35.5. The van der Waals surface area contributed by atoms with Gasteiger partial charge in [0.1, 0.15) is 12.4 Å². The number of pyridine rings is 1. The van der Waals surface area contributed by atoms with Crippen molar-refractivity contribution in [3.05, 3.63) is 93.2 Å². The van der Waals surface area contributed by atoms with E-state index in [1.807, 2.05) is 0 Å². The zero-order chi connectivity index (χ0) is 21.7. The van der Waals surface area contributed by atoms with Crippen molar-refractivity contribution in [2.75, 3.05) is 0 Å². The SMILES string of the molecule is C[C@H](NC(=O)c1cc(Cl)cnc1COc1ccc(Cl)cc1)c1ccc(C(=O)O)cc1. The zero-order valence-electron chi connectivity index (χ0n) is 15.9. The molecule has 3 rings (SSSR count). The van der Waals surface area contributed by atoms with Crippen LogP contribution in [0.4, 0.5) is 0 Å². The average molecular weight is 445 g/mol. The normalized spacial score (nSPS) is 11.6. The first kappa shape index (κ1) is 21.6. The van der Waals surface area contributed by atoms with Gasteiger partial charge in [0.15, 0.2) is 0 Å². The lowest BCUT2D eigenvalue weighted by molar-refractivity contribution is 0.0696. The number of carbonyl (C=O) groups is 2. The van der Waals surface area contributed by atoms with Gasteiger partial charge >= 0.3 is 5.97 Å². The van der Waals surface area contributed by atoms with Crippen LogP contribution in [0.15, 0.2) is 60.8 Å². The molecule has 2 N–H and O–H groups in total. The van der Waals surface area contributed by atoms with E-state index >= 15 is 0 Å². The minimum atomic E-state index is -1.01. The molecule has 8 heteroatoms. The molecule has 6 nitrogen and oxygen atoms in total. The van der Waals surface area contributed by atoms with E-state index in [9.17, 15) is 9.59 Å². The maximum absolute atomic E-state index is 12.9. The molecule has 0 aliphatic heterocycles. The molecule has 1 aromatic heterocycles. The van der Waals surface area contributed by atoms with Gasteiger partial charge in [0.05, 0.1) is 27.9 Å². The van der Waals surface area contributed by atoms with Gasteiger partial charge in [0.2, 0.25) is 0 Å². The van der Waals surface area contributed by atoms with Crippen LogP contribution in [0.5, 0.6) is 5.75 Å². The van der Waals surface area contributed by atoms with Crippen LogP contribution in [0, 0.1) is 0 Å². The summed E-state index contributed by atoms with van der Waals surface area (Å²) >= 11 is 11.9. The minimum Gasteiger partial charge on any atom is -0.487 e. The Balaban J connectivity index is 1.73. The summed E-state index contributed by atoms with van der Waals surface area (Å²) in [6.45, 7) is 1.87. The number of ether oxygens (including phenoxy) is 1. The molecule has 0 aliphatic rings. The summed E-state index contributed by atoms with van der Waals surface area (Å²) in [5.74, 6) is -0.780. The van der Waals surface area contributed by atoms with Gasteiger partial charge in [-0.1, -0.05) is 35.3 Å². The van der Waals surface area contributed by atoms with Crippen molar-refractivity contribution in [1.29, 1.82) is 0 Å². The number of rotatable bonds is 7. The third-order valence-electron chi connectivity index (χ3n) is 4.38. The van der Waals surface area contributed by atoms with Crippen molar-refractivity contribution in [3.8, 4) is 5.75 Å². The monoisotopic (exact) mass is 444 g/mol. The summed E-state index contributed by atoms with van der Waals surface area (Å²) in [7, 11) is 0. The molecule has 154 valence electrons. The summed E-state index contributed by atoms with van der Waals surface area (Å²) in [5.41, 5.74) is 1.67. The summed E-state index contributed by atoms with van der Waals surface area (Å²) in [6.07, 6.45) is 1.45. The van der Waals surface area contributed by atoms with Crippen LogP contribution in [0.1, 0.15) is 44.9 Å². The number of carboxylic acid groups (broad SMARTS) is 1. The molecule has 1 atom stereocenters. The minimum absolute atomic E-state index is 0.0727. The number of hydrogen-bond donors (Lipinski definition) is 2. The van der Waals surface area contributed by atoms with E-state index in [-0.39, 0.29) is 24.1 Å². The Kier molecular flexibility index (Phi) is 6.92. The Hall–Kier alpha value is -3.09. The maximum atomic E-state index is 12.9. The molecule has 0 bridgehead atoms. The molecule has 3 aromatic rings. The maximum Gasteiger partial charge on any atom is 0.335 e. The second-order valence-corrected chi connectivity index (χ2v) is 7.39. The molecule has 0 unspecified atom stereocenters. The lowest BCUT2D eigenvalue weighted by Crippen LogP contribution is -2.28. The first-order valence-corrected chi connectivity index (χ1v) is 9.76. The van der Waals surface area contributed by atoms with Crippen LogP contribution in [-0.4, -0.2) is 22.0 Å². The number of aromatic nitrogens is 1. The zero-order valence-corrected chi connectivity index (χ0v) is 17.4. The predicted octanol–water partition coefficient (Wildman–Crippen LogP) is 5.16. The molecule has 0 radical (unpaired) electrons. The Morgan fingerprint density at radius 3 is 2.37 bits per heavy atom.